The van der Waals surface area contributed by atoms with Gasteiger partial charge in [-0.2, -0.15) is 5.06 Å². The molecule has 1 rings (SSSR count). The highest BCUT2D eigenvalue weighted by Crippen LogP contribution is 2.32. The van der Waals surface area contributed by atoms with Crippen molar-refractivity contribution in [1.82, 2.24) is 5.06 Å². The number of carbonyl (C=O) groups excluding carboxylic acids is 1. The summed E-state index contributed by atoms with van der Waals surface area (Å²) in [6.07, 6.45) is 4.77. The average Bonchev–Trinajstić information content (AvgIpc) is 2.14. The van der Waals surface area contributed by atoms with Crippen molar-refractivity contribution in [2.75, 3.05) is 0 Å². The number of hydroxylamine groups is 2. The maximum atomic E-state index is 10.9. The van der Waals surface area contributed by atoms with Crippen LogP contribution < -0.4 is 0 Å². The van der Waals surface area contributed by atoms with Gasteiger partial charge in [0.05, 0.1) is 5.60 Å². The maximum absolute atomic E-state index is 10.9. The second kappa shape index (κ2) is 4.49. The standard InChI is InChI=1S/C11H21NO3/c1-10(2,3)15-12(9-13)11(14)7-5-4-6-8-11/h9,14H,4-8H2,1-3H3. The highest BCUT2D eigenvalue weighted by molar-refractivity contribution is 5.46. The van der Waals surface area contributed by atoms with Crippen LogP contribution in [0.1, 0.15) is 52.9 Å². The van der Waals surface area contributed by atoms with Gasteiger partial charge in [0.1, 0.15) is 0 Å². The predicted octanol–water partition coefficient (Wildman–Crippen LogP) is 1.83. The minimum absolute atomic E-state index is 0.464. The summed E-state index contributed by atoms with van der Waals surface area (Å²) in [5, 5.41) is 11.4. The molecule has 0 aromatic heterocycles. The monoisotopic (exact) mass is 215 g/mol. The van der Waals surface area contributed by atoms with Crippen molar-refractivity contribution in [1.29, 1.82) is 0 Å². The Balaban J connectivity index is 2.67. The van der Waals surface area contributed by atoms with Crippen LogP contribution in [0.4, 0.5) is 0 Å². The number of carbonyl (C=O) groups is 1. The third-order valence-electron chi connectivity index (χ3n) is 2.53. The average molecular weight is 215 g/mol. The molecule has 4 heteroatoms. The molecule has 1 aliphatic rings. The summed E-state index contributed by atoms with van der Waals surface area (Å²) in [4.78, 5) is 16.4. The third-order valence-corrected chi connectivity index (χ3v) is 2.53. The molecule has 88 valence electrons. The lowest BCUT2D eigenvalue weighted by Crippen LogP contribution is -2.51. The molecule has 0 saturated heterocycles. The van der Waals surface area contributed by atoms with E-state index in [1.54, 1.807) is 0 Å². The number of amides is 1. The highest BCUT2D eigenvalue weighted by atomic mass is 16.7. The lowest BCUT2D eigenvalue weighted by Gasteiger charge is -2.41. The van der Waals surface area contributed by atoms with Crippen molar-refractivity contribution in [3.63, 3.8) is 0 Å². The van der Waals surface area contributed by atoms with E-state index < -0.39 is 11.3 Å². The summed E-state index contributed by atoms with van der Waals surface area (Å²) in [5.74, 6) is 0. The Kier molecular flexibility index (Phi) is 3.73. The van der Waals surface area contributed by atoms with Gasteiger partial charge in [0.15, 0.2) is 5.72 Å². The second-order valence-corrected chi connectivity index (χ2v) is 5.18. The van der Waals surface area contributed by atoms with Gasteiger partial charge in [-0.05, 0) is 46.5 Å². The van der Waals surface area contributed by atoms with Crippen molar-refractivity contribution < 1.29 is 14.7 Å². The van der Waals surface area contributed by atoms with Gasteiger partial charge < -0.3 is 5.11 Å². The summed E-state index contributed by atoms with van der Waals surface area (Å²) in [6.45, 7) is 5.57. The lowest BCUT2D eigenvalue weighted by molar-refractivity contribution is -0.312. The van der Waals surface area contributed by atoms with Crippen LogP contribution in [-0.4, -0.2) is 27.9 Å². The number of hydrogen-bond donors (Lipinski definition) is 1. The maximum Gasteiger partial charge on any atom is 0.236 e. The Morgan fingerprint density at radius 2 is 1.80 bits per heavy atom. The van der Waals surface area contributed by atoms with Crippen LogP contribution >= 0.6 is 0 Å². The van der Waals surface area contributed by atoms with Crippen molar-refractivity contribution in [2.24, 2.45) is 0 Å². The molecule has 1 N–H and O–H groups in total. The Labute approximate surface area is 91.2 Å². The van der Waals surface area contributed by atoms with E-state index in [0.717, 1.165) is 24.3 Å². The first-order valence-corrected chi connectivity index (χ1v) is 5.53. The van der Waals surface area contributed by atoms with Crippen LogP contribution in [0.25, 0.3) is 0 Å². The smallest absolute Gasteiger partial charge is 0.236 e. The van der Waals surface area contributed by atoms with Gasteiger partial charge in [-0.25, -0.2) is 0 Å². The molecule has 0 atom stereocenters. The molecule has 0 aromatic carbocycles. The van der Waals surface area contributed by atoms with Gasteiger partial charge in [0.25, 0.3) is 0 Å². The Morgan fingerprint density at radius 3 is 2.20 bits per heavy atom. The van der Waals surface area contributed by atoms with Gasteiger partial charge in [-0.1, -0.05) is 6.42 Å². The zero-order valence-corrected chi connectivity index (χ0v) is 9.82. The Bertz CT molecular complexity index is 216. The minimum Gasteiger partial charge on any atom is -0.369 e. The first-order valence-electron chi connectivity index (χ1n) is 5.53. The van der Waals surface area contributed by atoms with E-state index in [-0.39, 0.29) is 0 Å². The fraction of sp³-hybridized carbons (Fsp3) is 0.909. The molecular weight excluding hydrogens is 194 g/mol. The quantitative estimate of drug-likeness (QED) is 0.444. The van der Waals surface area contributed by atoms with Crippen LogP contribution in [0.5, 0.6) is 0 Å². The SMILES string of the molecule is CC(C)(C)ON(C=O)C1(O)CCCCC1. The molecule has 0 aliphatic heterocycles. The van der Waals surface area contributed by atoms with E-state index in [0.29, 0.717) is 19.3 Å². The second-order valence-electron chi connectivity index (χ2n) is 5.18. The molecule has 0 spiro atoms. The zero-order valence-electron chi connectivity index (χ0n) is 9.82. The van der Waals surface area contributed by atoms with Crippen molar-refractivity contribution in [3.05, 3.63) is 0 Å². The summed E-state index contributed by atoms with van der Waals surface area (Å²) in [6, 6.07) is 0. The Hall–Kier alpha value is -0.610. The van der Waals surface area contributed by atoms with E-state index in [9.17, 15) is 9.90 Å². The molecule has 15 heavy (non-hydrogen) atoms. The first kappa shape index (κ1) is 12.5. The van der Waals surface area contributed by atoms with Gasteiger partial charge >= 0.3 is 0 Å². The van der Waals surface area contributed by atoms with E-state index in [1.807, 2.05) is 20.8 Å². The van der Waals surface area contributed by atoms with Crippen molar-refractivity contribution in [2.45, 2.75) is 64.2 Å². The molecule has 1 fully saturated rings. The molecule has 4 nitrogen and oxygen atoms in total. The van der Waals surface area contributed by atoms with Crippen LogP contribution in [0, 0.1) is 0 Å². The molecular formula is C11H21NO3. The zero-order chi connectivity index (χ0) is 11.5. The molecule has 0 heterocycles. The fourth-order valence-electron chi connectivity index (χ4n) is 1.84. The van der Waals surface area contributed by atoms with Gasteiger partial charge in [-0.15, -0.1) is 0 Å². The highest BCUT2D eigenvalue weighted by Gasteiger charge is 2.38. The van der Waals surface area contributed by atoms with Crippen LogP contribution in [0.15, 0.2) is 0 Å². The third kappa shape index (κ3) is 3.47. The predicted molar refractivity (Wildman–Crippen MR) is 56.8 cm³/mol. The molecule has 1 aliphatic carbocycles. The number of rotatable bonds is 3. The topological polar surface area (TPSA) is 49.8 Å². The number of hydrogen-bond acceptors (Lipinski definition) is 3. The summed E-state index contributed by atoms with van der Waals surface area (Å²) >= 11 is 0. The van der Waals surface area contributed by atoms with Crippen molar-refractivity contribution in [3.8, 4) is 0 Å². The molecule has 0 unspecified atom stereocenters. The molecule has 1 amide bonds. The minimum atomic E-state index is -1.10. The van der Waals surface area contributed by atoms with E-state index in [4.69, 9.17) is 4.84 Å². The van der Waals surface area contributed by atoms with E-state index >= 15 is 0 Å². The van der Waals surface area contributed by atoms with Crippen LogP contribution in [-0.2, 0) is 9.63 Å². The van der Waals surface area contributed by atoms with Gasteiger partial charge in [0.2, 0.25) is 6.41 Å². The normalized spacial score (nSPS) is 21.1. The summed E-state index contributed by atoms with van der Waals surface area (Å²) < 4.78 is 0. The van der Waals surface area contributed by atoms with Crippen molar-refractivity contribution >= 4 is 6.41 Å². The molecule has 1 saturated carbocycles. The summed E-state index contributed by atoms with van der Waals surface area (Å²) in [7, 11) is 0. The van der Waals surface area contributed by atoms with Gasteiger partial charge in [-0.3, -0.25) is 9.63 Å². The molecule has 0 aromatic rings. The molecule has 0 radical (unpaired) electrons. The molecule has 0 bridgehead atoms. The van der Waals surface area contributed by atoms with Gasteiger partial charge in [0, 0.05) is 0 Å². The number of nitrogens with zero attached hydrogens (tertiary/aromatic N) is 1. The lowest BCUT2D eigenvalue weighted by atomic mass is 9.92. The number of aliphatic hydroxyl groups is 1. The van der Waals surface area contributed by atoms with E-state index in [2.05, 4.69) is 0 Å². The largest absolute Gasteiger partial charge is 0.369 e. The van der Waals surface area contributed by atoms with E-state index in [1.165, 1.54) is 0 Å². The van der Waals surface area contributed by atoms with Crippen LogP contribution in [0.3, 0.4) is 0 Å². The fourth-order valence-corrected chi connectivity index (χ4v) is 1.84. The first-order chi connectivity index (χ1) is 6.87. The summed E-state index contributed by atoms with van der Waals surface area (Å²) in [5.41, 5.74) is -1.57. The van der Waals surface area contributed by atoms with Crippen LogP contribution in [0.2, 0.25) is 0 Å². The Morgan fingerprint density at radius 1 is 1.27 bits per heavy atom.